The number of esters is 1. The van der Waals surface area contributed by atoms with Gasteiger partial charge in [-0.05, 0) is 68.1 Å². The molecule has 7 atom stereocenters. The first-order valence-corrected chi connectivity index (χ1v) is 19.5. The number of carbonyl (C=O) groups excluding carboxylic acids is 2. The van der Waals surface area contributed by atoms with Gasteiger partial charge in [-0.3, -0.25) is 24.7 Å². The molecule has 0 saturated carbocycles. The predicted molar refractivity (Wildman–Crippen MR) is 200 cm³/mol. The first-order chi connectivity index (χ1) is 26.4. The minimum atomic E-state index is -1.25. The first kappa shape index (κ1) is 35.8. The summed E-state index contributed by atoms with van der Waals surface area (Å²) in [5, 5.41) is 40.3. The average molecular weight is 770 g/mol. The van der Waals surface area contributed by atoms with Crippen LogP contribution in [0.25, 0.3) is 0 Å². The standard InChI is InChI=1S/C40H43N5O9S/c1-17-9-21-10-23-24(13-41)45-25-14-42-39(49)40(22-12-27(50-5)26(47)11-20(22)7-8-43-40)15-55-38(32(45)31(44(23)4)28(21)33(48)34(17)51-6)30-29(25)37-36(52-16-53-37)18(2)35(30)54-19(3)46/h9,11-12,23-25,31-32,38,43,47-48H,7-8,10,14-16H2,1-6H3,(H,42,49)/t23-,24-,25-,31+,32?,38+,40+/m0/s1. The molecular weight excluding hydrogens is 727 g/mol. The Morgan fingerprint density at radius 3 is 2.58 bits per heavy atom. The highest BCUT2D eigenvalue weighted by molar-refractivity contribution is 7.99. The van der Waals surface area contributed by atoms with Crippen molar-refractivity contribution < 1.29 is 43.5 Å². The van der Waals surface area contributed by atoms with Gasteiger partial charge in [0, 0.05) is 60.1 Å². The van der Waals surface area contributed by atoms with Crippen LogP contribution < -0.4 is 34.3 Å². The second-order valence-electron chi connectivity index (χ2n) is 15.2. The first-order valence-electron chi connectivity index (χ1n) is 18.4. The number of likely N-dealkylation sites (N-methyl/N-ethyl adjacent to an activating group) is 1. The van der Waals surface area contributed by atoms with Crippen molar-refractivity contribution in [1.82, 2.24) is 20.4 Å². The van der Waals surface area contributed by atoms with E-state index >= 15 is 0 Å². The number of fused-ring (bicyclic) bond motifs is 9. The number of ether oxygens (including phenoxy) is 5. The number of amides is 1. The number of piperazine rings is 1. The van der Waals surface area contributed by atoms with E-state index in [-0.39, 0.29) is 48.3 Å². The van der Waals surface area contributed by atoms with Crippen molar-refractivity contribution >= 4 is 23.6 Å². The van der Waals surface area contributed by atoms with E-state index in [2.05, 4.69) is 32.6 Å². The molecule has 3 aromatic carbocycles. The van der Waals surface area contributed by atoms with Gasteiger partial charge in [-0.25, -0.2) is 0 Å². The molecule has 1 amide bonds. The lowest BCUT2D eigenvalue weighted by molar-refractivity contribution is -0.132. The Morgan fingerprint density at radius 1 is 1.07 bits per heavy atom. The normalized spacial score (nSPS) is 28.9. The van der Waals surface area contributed by atoms with Crippen LogP contribution in [0, 0.1) is 25.2 Å². The number of hydrogen-bond donors (Lipinski definition) is 4. The van der Waals surface area contributed by atoms with Gasteiger partial charge >= 0.3 is 5.97 Å². The molecule has 0 radical (unpaired) electrons. The van der Waals surface area contributed by atoms with E-state index in [0.717, 1.165) is 27.8 Å². The number of phenolic OH excluding ortho intramolecular Hbond substituents is 2. The van der Waals surface area contributed by atoms with Gasteiger partial charge in [-0.1, -0.05) is 6.07 Å². The number of aromatic hydroxyl groups is 2. The highest BCUT2D eigenvalue weighted by Gasteiger charge is 2.61. The number of carbonyl (C=O) groups is 2. The summed E-state index contributed by atoms with van der Waals surface area (Å²) in [5.74, 6) is 1.47. The summed E-state index contributed by atoms with van der Waals surface area (Å²) < 4.78 is 29.7. The molecule has 7 aliphatic rings. The molecule has 1 unspecified atom stereocenters. The molecule has 4 bridgehead atoms. The van der Waals surface area contributed by atoms with Crippen molar-refractivity contribution in [3.63, 3.8) is 0 Å². The van der Waals surface area contributed by atoms with Crippen LogP contribution in [0.3, 0.4) is 0 Å². The molecule has 7 heterocycles. The van der Waals surface area contributed by atoms with Crippen LogP contribution in [0.15, 0.2) is 18.2 Å². The maximum absolute atomic E-state index is 14.9. The zero-order chi connectivity index (χ0) is 38.7. The molecular formula is C40H43N5O9S. The van der Waals surface area contributed by atoms with Crippen molar-refractivity contribution in [3.8, 4) is 46.3 Å². The fourth-order valence-corrected chi connectivity index (χ4v) is 12.0. The van der Waals surface area contributed by atoms with Crippen LogP contribution in [-0.4, -0.2) is 96.9 Å². The van der Waals surface area contributed by atoms with Crippen LogP contribution >= 0.6 is 11.8 Å². The topological polar surface area (TPSA) is 175 Å². The highest BCUT2D eigenvalue weighted by atomic mass is 32.2. The smallest absolute Gasteiger partial charge is 0.308 e. The van der Waals surface area contributed by atoms with Crippen LogP contribution in [0.5, 0.6) is 40.2 Å². The number of hydrogen-bond acceptors (Lipinski definition) is 14. The van der Waals surface area contributed by atoms with Gasteiger partial charge in [0.2, 0.25) is 12.7 Å². The fraction of sp³-hybridized carbons (Fsp3) is 0.475. The van der Waals surface area contributed by atoms with Gasteiger partial charge in [0.1, 0.15) is 17.3 Å². The monoisotopic (exact) mass is 769 g/mol. The van der Waals surface area contributed by atoms with Crippen LogP contribution in [-0.2, 0) is 28.0 Å². The molecule has 14 nitrogen and oxygen atoms in total. The lowest BCUT2D eigenvalue weighted by atomic mass is 9.71. The van der Waals surface area contributed by atoms with Crippen LogP contribution in [0.1, 0.15) is 68.8 Å². The largest absolute Gasteiger partial charge is 0.504 e. The Balaban J connectivity index is 1.33. The molecule has 0 aliphatic carbocycles. The van der Waals surface area contributed by atoms with E-state index < -0.39 is 40.9 Å². The van der Waals surface area contributed by atoms with Crippen LogP contribution in [0.2, 0.25) is 0 Å². The van der Waals surface area contributed by atoms with E-state index in [0.29, 0.717) is 59.1 Å². The minimum absolute atomic E-state index is 0.00351. The van der Waals surface area contributed by atoms with E-state index in [9.17, 15) is 25.1 Å². The molecule has 2 fully saturated rings. The summed E-state index contributed by atoms with van der Waals surface area (Å²) >= 11 is 1.52. The number of rotatable bonds is 3. The molecule has 0 aromatic heterocycles. The second kappa shape index (κ2) is 12.8. The summed E-state index contributed by atoms with van der Waals surface area (Å²) in [4.78, 5) is 32.2. The molecule has 4 N–H and O–H groups in total. The maximum Gasteiger partial charge on any atom is 0.308 e. The zero-order valence-electron chi connectivity index (χ0n) is 31.4. The van der Waals surface area contributed by atoms with Crippen molar-refractivity contribution in [2.75, 3.05) is 46.9 Å². The number of methoxy groups -OCH3 is 2. The molecule has 288 valence electrons. The SMILES string of the molecule is COc1cc2c(cc1O)CCN[C@]21CS[C@@H]2c3c(OC(C)=O)c(C)c4c(c3[C@H](CNC1=O)N1C2[C@H]2c3c(cc(C)c(OC)c3O)C[C@@H]([C@@H]1C#N)N2C)OCO4. The van der Waals surface area contributed by atoms with Crippen molar-refractivity contribution in [2.45, 2.75) is 74.6 Å². The number of thioether (sulfide) groups is 1. The van der Waals surface area contributed by atoms with Crippen molar-refractivity contribution in [2.24, 2.45) is 0 Å². The number of aryl methyl sites for hydroxylation is 1. The summed E-state index contributed by atoms with van der Waals surface area (Å²) in [5.41, 5.74) is 4.80. The minimum Gasteiger partial charge on any atom is -0.504 e. The lowest BCUT2D eigenvalue weighted by Crippen LogP contribution is -2.70. The Morgan fingerprint density at radius 2 is 1.85 bits per heavy atom. The summed E-state index contributed by atoms with van der Waals surface area (Å²) in [6, 6.07) is 5.63. The number of nitrogens with one attached hydrogen (secondary N) is 2. The number of benzene rings is 3. The zero-order valence-corrected chi connectivity index (χ0v) is 32.3. The Hall–Kier alpha value is -4.88. The molecule has 3 aromatic rings. The van der Waals surface area contributed by atoms with Crippen molar-refractivity contribution in [3.05, 3.63) is 62.7 Å². The van der Waals surface area contributed by atoms with E-state index in [4.69, 9.17) is 23.7 Å². The third-order valence-electron chi connectivity index (χ3n) is 12.6. The maximum atomic E-state index is 14.9. The molecule has 10 rings (SSSR count). The van der Waals surface area contributed by atoms with Crippen LogP contribution in [0.4, 0.5) is 0 Å². The fourth-order valence-electron chi connectivity index (χ4n) is 10.3. The van der Waals surface area contributed by atoms with Gasteiger partial charge in [0.25, 0.3) is 0 Å². The van der Waals surface area contributed by atoms with E-state index in [1.165, 1.54) is 25.8 Å². The van der Waals surface area contributed by atoms with E-state index in [1.807, 2.05) is 20.9 Å². The summed E-state index contributed by atoms with van der Waals surface area (Å²) in [6.45, 7) is 5.63. The third-order valence-corrected chi connectivity index (χ3v) is 14.0. The summed E-state index contributed by atoms with van der Waals surface area (Å²) in [6.07, 6.45) is 1.10. The molecule has 7 aliphatic heterocycles. The van der Waals surface area contributed by atoms with Gasteiger partial charge in [-0.2, -0.15) is 5.26 Å². The number of nitriles is 1. The van der Waals surface area contributed by atoms with Crippen molar-refractivity contribution in [1.29, 1.82) is 5.26 Å². The summed E-state index contributed by atoms with van der Waals surface area (Å²) in [7, 11) is 5.03. The Bertz CT molecular complexity index is 2230. The average Bonchev–Trinajstić information content (AvgIpc) is 3.65. The molecule has 1 spiro atoms. The Labute approximate surface area is 322 Å². The third kappa shape index (κ3) is 4.90. The molecule has 55 heavy (non-hydrogen) atoms. The Kier molecular flexibility index (Phi) is 8.36. The highest BCUT2D eigenvalue weighted by Crippen LogP contribution is 2.64. The number of nitrogens with zero attached hydrogens (tertiary/aromatic N) is 3. The number of phenols is 2. The van der Waals surface area contributed by atoms with Gasteiger partial charge in [-0.15, -0.1) is 11.8 Å². The second-order valence-corrected chi connectivity index (χ2v) is 16.3. The van der Waals surface area contributed by atoms with E-state index in [1.54, 1.807) is 19.2 Å². The quantitative estimate of drug-likeness (QED) is 0.225. The molecule has 2 saturated heterocycles. The lowest BCUT2D eigenvalue weighted by Gasteiger charge is -2.62. The predicted octanol–water partition coefficient (Wildman–Crippen LogP) is 3.56. The van der Waals surface area contributed by atoms with Gasteiger partial charge in [0.05, 0.1) is 37.6 Å². The molecule has 15 heteroatoms. The van der Waals surface area contributed by atoms with Gasteiger partial charge < -0.3 is 39.2 Å². The van der Waals surface area contributed by atoms with Gasteiger partial charge in [0.15, 0.2) is 34.5 Å².